The molecule has 0 aliphatic heterocycles. The van der Waals surface area contributed by atoms with E-state index in [1.54, 1.807) is 95.9 Å². The van der Waals surface area contributed by atoms with Gasteiger partial charge in [0.1, 0.15) is 22.9 Å². The Hall–Kier alpha value is -4.80. The Morgan fingerprint density at radius 2 is 1.59 bits per heavy atom. The number of aryl methyl sites for hydroxylation is 1. The molecule has 0 aliphatic rings. The van der Waals surface area contributed by atoms with E-state index in [4.69, 9.17) is 14.2 Å². The minimum atomic E-state index is -1.37. The smallest absolute Gasteiger partial charge is 0.408 e. The number of rotatable bonds is 14. The van der Waals surface area contributed by atoms with E-state index in [2.05, 4.69) is 16.0 Å². The van der Waals surface area contributed by atoms with Gasteiger partial charge in [0.15, 0.2) is 6.04 Å². The first-order valence-electron chi connectivity index (χ1n) is 15.4. The number of nitrogens with zero attached hydrogens (tertiary/aromatic N) is 1. The largest absolute Gasteiger partial charge is 0.497 e. The molecule has 0 saturated heterocycles. The molecule has 1 unspecified atom stereocenters. The average molecular weight is 635 g/mol. The van der Waals surface area contributed by atoms with Gasteiger partial charge in [0, 0.05) is 12.4 Å². The van der Waals surface area contributed by atoms with E-state index < -0.39 is 47.1 Å². The summed E-state index contributed by atoms with van der Waals surface area (Å²) in [5, 5.41) is 8.28. The molecule has 0 spiro atoms. The molecule has 11 nitrogen and oxygen atoms in total. The quantitative estimate of drug-likeness (QED) is 0.202. The van der Waals surface area contributed by atoms with E-state index in [9.17, 15) is 19.2 Å². The van der Waals surface area contributed by atoms with Crippen molar-refractivity contribution in [3.05, 3.63) is 84.2 Å². The lowest BCUT2D eigenvalue weighted by atomic mass is 10.0. The van der Waals surface area contributed by atoms with Crippen LogP contribution in [0.1, 0.15) is 71.6 Å². The van der Waals surface area contributed by atoms with Crippen LogP contribution in [-0.2, 0) is 30.3 Å². The number of ether oxygens (including phenoxy) is 3. The second kappa shape index (κ2) is 16.0. The summed E-state index contributed by atoms with van der Waals surface area (Å²) in [5.74, 6) is -0.786. The Morgan fingerprint density at radius 3 is 2.20 bits per heavy atom. The Morgan fingerprint density at radius 1 is 0.913 bits per heavy atom. The molecule has 0 saturated carbocycles. The van der Waals surface area contributed by atoms with Crippen molar-refractivity contribution in [1.82, 2.24) is 15.2 Å². The van der Waals surface area contributed by atoms with Gasteiger partial charge in [-0.2, -0.15) is 0 Å². The third kappa shape index (κ3) is 10.7. The maximum Gasteiger partial charge on any atom is 0.408 e. The molecule has 1 aromatic heterocycles. The molecule has 248 valence electrons. The number of methoxy groups -OCH3 is 1. The summed E-state index contributed by atoms with van der Waals surface area (Å²) in [6.07, 6.45) is 4.24. The van der Waals surface area contributed by atoms with Gasteiger partial charge in [0.2, 0.25) is 11.8 Å². The summed E-state index contributed by atoms with van der Waals surface area (Å²) in [5.41, 5.74) is 0.113. The van der Waals surface area contributed by atoms with Gasteiger partial charge in [-0.1, -0.05) is 42.5 Å². The van der Waals surface area contributed by atoms with Crippen LogP contribution in [0.4, 0.5) is 10.5 Å². The fraction of sp³-hybridized carbons (Fsp3) is 0.429. The van der Waals surface area contributed by atoms with Crippen LogP contribution in [0.2, 0.25) is 0 Å². The molecule has 2 atom stereocenters. The van der Waals surface area contributed by atoms with Crippen LogP contribution in [-0.4, -0.2) is 59.3 Å². The van der Waals surface area contributed by atoms with Crippen molar-refractivity contribution in [2.24, 2.45) is 0 Å². The van der Waals surface area contributed by atoms with Crippen molar-refractivity contribution in [1.29, 1.82) is 0 Å². The number of carbonyl (C=O) groups is 4. The molecule has 3 amide bonds. The second-order valence-electron chi connectivity index (χ2n) is 12.4. The molecule has 2 aromatic carbocycles. The molecule has 3 N–H and O–H groups in total. The van der Waals surface area contributed by atoms with E-state index in [0.717, 1.165) is 5.56 Å². The van der Waals surface area contributed by atoms with E-state index in [1.807, 2.05) is 30.3 Å². The summed E-state index contributed by atoms with van der Waals surface area (Å²) in [4.78, 5) is 52.4. The standard InChI is InChI=1S/C35H46N4O7/c1-8-45-31(41)29(25-17-19-27(44-7)20-18-25)39-22-21-26(23-39)36-30(40)28(16-12-15-24-13-10-9-11-14-24)37-32(42)35(5,6)38-33(43)46-34(2,3)4/h9-11,13-14,17-23,28-29H,8,12,15-16H2,1-7H3,(H,36,40)(H,37,42)(H,38,43)/t28-,29?/m1/s1. The van der Waals surface area contributed by atoms with Crippen molar-refractivity contribution in [3.8, 4) is 5.75 Å². The number of esters is 1. The Labute approximate surface area is 271 Å². The minimum Gasteiger partial charge on any atom is -0.497 e. The number of carbonyl (C=O) groups excluding carboxylic acids is 4. The molecule has 0 bridgehead atoms. The zero-order valence-corrected chi connectivity index (χ0v) is 27.7. The van der Waals surface area contributed by atoms with E-state index in [1.165, 1.54) is 0 Å². The van der Waals surface area contributed by atoms with Gasteiger partial charge in [-0.25, -0.2) is 9.59 Å². The number of hydrogen-bond donors (Lipinski definition) is 3. The summed E-state index contributed by atoms with van der Waals surface area (Å²) in [6, 6.07) is 16.9. The molecular formula is C35H46N4O7. The normalized spacial score (nSPS) is 12.8. The predicted molar refractivity (Wildman–Crippen MR) is 176 cm³/mol. The van der Waals surface area contributed by atoms with E-state index >= 15 is 0 Å². The third-order valence-corrected chi connectivity index (χ3v) is 7.03. The van der Waals surface area contributed by atoms with Crippen molar-refractivity contribution < 1.29 is 33.4 Å². The molecule has 3 rings (SSSR count). The highest BCUT2D eigenvalue weighted by atomic mass is 16.6. The number of aromatic nitrogens is 1. The fourth-order valence-corrected chi connectivity index (χ4v) is 4.69. The lowest BCUT2D eigenvalue weighted by molar-refractivity contribution is -0.145. The van der Waals surface area contributed by atoms with E-state index in [0.29, 0.717) is 36.3 Å². The topological polar surface area (TPSA) is 137 Å². The molecule has 3 aromatic rings. The van der Waals surface area contributed by atoms with Crippen LogP contribution in [0.3, 0.4) is 0 Å². The number of benzene rings is 2. The van der Waals surface area contributed by atoms with Crippen molar-refractivity contribution in [2.45, 2.75) is 84.0 Å². The molecule has 11 heteroatoms. The fourth-order valence-electron chi connectivity index (χ4n) is 4.69. The zero-order valence-electron chi connectivity index (χ0n) is 27.7. The zero-order chi connectivity index (χ0) is 33.9. The molecular weight excluding hydrogens is 588 g/mol. The van der Waals surface area contributed by atoms with Crippen LogP contribution in [0.5, 0.6) is 5.75 Å². The first-order valence-corrected chi connectivity index (χ1v) is 15.4. The third-order valence-electron chi connectivity index (χ3n) is 7.03. The minimum absolute atomic E-state index is 0.208. The van der Waals surface area contributed by atoms with Crippen molar-refractivity contribution in [2.75, 3.05) is 19.0 Å². The van der Waals surface area contributed by atoms with Gasteiger partial charge in [-0.3, -0.25) is 9.59 Å². The highest BCUT2D eigenvalue weighted by Gasteiger charge is 2.34. The van der Waals surface area contributed by atoms with Gasteiger partial charge in [0.05, 0.1) is 19.4 Å². The molecule has 0 aliphatic carbocycles. The number of alkyl carbamates (subject to hydrolysis) is 1. The van der Waals surface area contributed by atoms with Crippen LogP contribution < -0.4 is 20.7 Å². The molecule has 1 heterocycles. The highest BCUT2D eigenvalue weighted by molar-refractivity contribution is 5.99. The molecule has 46 heavy (non-hydrogen) atoms. The van der Waals surface area contributed by atoms with Gasteiger partial charge < -0.3 is 34.7 Å². The second-order valence-corrected chi connectivity index (χ2v) is 12.4. The number of hydrogen-bond acceptors (Lipinski definition) is 7. The van der Waals surface area contributed by atoms with E-state index in [-0.39, 0.29) is 6.61 Å². The first kappa shape index (κ1) is 35.7. The highest BCUT2D eigenvalue weighted by Crippen LogP contribution is 2.25. The number of nitrogens with one attached hydrogen (secondary N) is 3. The summed E-state index contributed by atoms with van der Waals surface area (Å²) in [6.45, 7) is 10.2. The SMILES string of the molecule is CCOC(=O)C(c1ccc(OC)cc1)n1ccc(NC(=O)[C@@H](CCCc2ccccc2)NC(=O)C(C)(C)NC(=O)OC(C)(C)C)c1. The number of anilines is 1. The lowest BCUT2D eigenvalue weighted by Gasteiger charge is -2.29. The number of amides is 3. The van der Waals surface area contributed by atoms with Crippen molar-refractivity contribution in [3.63, 3.8) is 0 Å². The monoisotopic (exact) mass is 634 g/mol. The predicted octanol–water partition coefficient (Wildman–Crippen LogP) is 5.40. The van der Waals surface area contributed by atoms with Crippen LogP contribution in [0.25, 0.3) is 0 Å². The van der Waals surface area contributed by atoms with Gasteiger partial charge in [-0.15, -0.1) is 0 Å². The Balaban J connectivity index is 1.79. The van der Waals surface area contributed by atoms with Crippen LogP contribution >= 0.6 is 0 Å². The van der Waals surface area contributed by atoms with Gasteiger partial charge in [-0.05, 0) is 90.1 Å². The Kier molecular flexibility index (Phi) is 12.4. The van der Waals surface area contributed by atoms with Gasteiger partial charge in [0.25, 0.3) is 0 Å². The summed E-state index contributed by atoms with van der Waals surface area (Å²) in [7, 11) is 1.56. The Bertz CT molecular complexity index is 1460. The molecule has 0 fully saturated rings. The molecule has 0 radical (unpaired) electrons. The summed E-state index contributed by atoms with van der Waals surface area (Å²) < 4.78 is 17.6. The van der Waals surface area contributed by atoms with Crippen LogP contribution in [0, 0.1) is 0 Å². The lowest BCUT2D eigenvalue weighted by Crippen LogP contribution is -2.58. The average Bonchev–Trinajstić information content (AvgIpc) is 3.43. The maximum atomic E-state index is 13.6. The summed E-state index contributed by atoms with van der Waals surface area (Å²) >= 11 is 0. The maximum absolute atomic E-state index is 13.6. The first-order chi connectivity index (χ1) is 21.7. The van der Waals surface area contributed by atoms with Crippen molar-refractivity contribution >= 4 is 29.6 Å². The van der Waals surface area contributed by atoms with Crippen LogP contribution in [0.15, 0.2) is 73.1 Å². The van der Waals surface area contributed by atoms with Gasteiger partial charge >= 0.3 is 12.1 Å².